The predicted octanol–water partition coefficient (Wildman–Crippen LogP) is 4.53. The van der Waals surface area contributed by atoms with E-state index in [-0.39, 0.29) is 5.41 Å². The summed E-state index contributed by atoms with van der Waals surface area (Å²) >= 11 is 3.41. The zero-order valence-electron chi connectivity index (χ0n) is 10.3. The van der Waals surface area contributed by atoms with Crippen molar-refractivity contribution < 1.29 is 4.42 Å². The minimum atomic E-state index is 0.179. The number of alkyl halides is 1. The lowest BCUT2D eigenvalue weighted by atomic mass is 9.86. The fourth-order valence-electron chi connectivity index (χ4n) is 1.72. The Bertz CT molecular complexity index is 494. The van der Waals surface area contributed by atoms with Crippen LogP contribution in [0.3, 0.4) is 0 Å². The van der Waals surface area contributed by atoms with E-state index in [1.54, 1.807) is 0 Å². The van der Waals surface area contributed by atoms with Gasteiger partial charge in [-0.15, -0.1) is 0 Å². The van der Waals surface area contributed by atoms with Gasteiger partial charge < -0.3 is 4.42 Å². The van der Waals surface area contributed by atoms with Crippen LogP contribution in [0.15, 0.2) is 35.1 Å². The largest absolute Gasteiger partial charge is 0.443 e. The quantitative estimate of drug-likeness (QED) is 0.760. The summed E-state index contributed by atoms with van der Waals surface area (Å²) in [5.74, 6) is 0.849. The Morgan fingerprint density at radius 1 is 1.18 bits per heavy atom. The molecule has 0 saturated heterocycles. The Morgan fingerprint density at radius 2 is 1.82 bits per heavy atom. The van der Waals surface area contributed by atoms with Crippen LogP contribution >= 0.6 is 15.9 Å². The molecule has 0 unspecified atom stereocenters. The Morgan fingerprint density at radius 3 is 2.35 bits per heavy atom. The lowest BCUT2D eigenvalue weighted by Crippen LogP contribution is -2.10. The molecule has 0 aliphatic heterocycles. The summed E-state index contributed by atoms with van der Waals surface area (Å²) in [6, 6.07) is 8.48. The summed E-state index contributed by atoms with van der Waals surface area (Å²) in [6.07, 6.45) is 1.49. The van der Waals surface area contributed by atoms with Crippen LogP contribution in [0.5, 0.6) is 0 Å². The summed E-state index contributed by atoms with van der Waals surface area (Å²) in [5.41, 5.74) is 3.51. The van der Waals surface area contributed by atoms with Gasteiger partial charge in [-0.05, 0) is 11.0 Å². The van der Waals surface area contributed by atoms with Gasteiger partial charge >= 0.3 is 0 Å². The highest BCUT2D eigenvalue weighted by atomic mass is 79.9. The molecule has 0 saturated carbocycles. The van der Waals surface area contributed by atoms with Gasteiger partial charge in [-0.3, -0.25) is 0 Å². The van der Waals surface area contributed by atoms with Gasteiger partial charge in [-0.25, -0.2) is 4.98 Å². The van der Waals surface area contributed by atoms with Crippen molar-refractivity contribution in [1.82, 2.24) is 4.98 Å². The maximum absolute atomic E-state index is 5.43. The van der Waals surface area contributed by atoms with Crippen molar-refractivity contribution in [2.45, 2.75) is 31.5 Å². The molecule has 0 fully saturated rings. The smallest absolute Gasteiger partial charge is 0.181 e. The van der Waals surface area contributed by atoms with Crippen LogP contribution in [-0.2, 0) is 10.7 Å². The van der Waals surface area contributed by atoms with Gasteiger partial charge in [0.05, 0.1) is 5.69 Å². The summed E-state index contributed by atoms with van der Waals surface area (Å²) in [6.45, 7) is 6.63. The zero-order chi connectivity index (χ0) is 12.5. The highest BCUT2D eigenvalue weighted by molar-refractivity contribution is 9.08. The summed E-state index contributed by atoms with van der Waals surface area (Å²) < 4.78 is 5.43. The number of benzene rings is 1. The van der Waals surface area contributed by atoms with E-state index in [0.717, 1.165) is 17.0 Å². The van der Waals surface area contributed by atoms with Gasteiger partial charge in [0.2, 0.25) is 0 Å². The van der Waals surface area contributed by atoms with Gasteiger partial charge in [-0.1, -0.05) is 61.0 Å². The second-order valence-corrected chi connectivity index (χ2v) is 5.65. The molecule has 0 bridgehead atoms. The SMILES string of the molecule is CC(C)(C)c1ccc(-c2ocnc2CBr)cc1. The standard InChI is InChI=1S/C14H16BrNO/c1-14(2,3)11-6-4-10(5-7-11)13-12(8-15)16-9-17-13/h4-7,9H,8H2,1-3H3. The Labute approximate surface area is 110 Å². The maximum Gasteiger partial charge on any atom is 0.181 e. The molecule has 17 heavy (non-hydrogen) atoms. The summed E-state index contributed by atoms with van der Waals surface area (Å²) in [4.78, 5) is 4.17. The molecule has 0 atom stereocenters. The third kappa shape index (κ3) is 2.60. The number of nitrogens with zero attached hydrogens (tertiary/aromatic N) is 1. The molecule has 1 aromatic carbocycles. The average molecular weight is 294 g/mol. The van der Waals surface area contributed by atoms with Crippen LogP contribution < -0.4 is 0 Å². The molecule has 1 aromatic heterocycles. The third-order valence-electron chi connectivity index (χ3n) is 2.78. The van der Waals surface area contributed by atoms with E-state index < -0.39 is 0 Å². The molecular formula is C14H16BrNO. The first kappa shape index (κ1) is 12.4. The van der Waals surface area contributed by atoms with Gasteiger partial charge in [0.15, 0.2) is 12.2 Å². The predicted molar refractivity (Wildman–Crippen MR) is 73.3 cm³/mol. The van der Waals surface area contributed by atoms with Crippen molar-refractivity contribution in [2.24, 2.45) is 0 Å². The molecule has 2 aromatic rings. The van der Waals surface area contributed by atoms with Crippen molar-refractivity contribution in [3.05, 3.63) is 41.9 Å². The van der Waals surface area contributed by atoms with Gasteiger partial charge in [0, 0.05) is 10.9 Å². The molecule has 0 radical (unpaired) electrons. The highest BCUT2D eigenvalue weighted by Crippen LogP contribution is 2.28. The zero-order valence-corrected chi connectivity index (χ0v) is 11.9. The van der Waals surface area contributed by atoms with E-state index in [4.69, 9.17) is 4.42 Å². The van der Waals surface area contributed by atoms with Crippen molar-refractivity contribution >= 4 is 15.9 Å². The number of hydrogen-bond acceptors (Lipinski definition) is 2. The molecule has 2 rings (SSSR count). The van der Waals surface area contributed by atoms with Crippen molar-refractivity contribution in [3.8, 4) is 11.3 Å². The minimum Gasteiger partial charge on any atom is -0.443 e. The normalized spacial score (nSPS) is 11.8. The Kier molecular flexibility index (Phi) is 3.38. The molecule has 0 N–H and O–H groups in total. The van der Waals surface area contributed by atoms with E-state index in [1.807, 2.05) is 0 Å². The number of halogens is 1. The van der Waals surface area contributed by atoms with Crippen LogP contribution in [0.2, 0.25) is 0 Å². The van der Waals surface area contributed by atoms with Gasteiger partial charge in [0.25, 0.3) is 0 Å². The van der Waals surface area contributed by atoms with Gasteiger partial charge in [-0.2, -0.15) is 0 Å². The van der Waals surface area contributed by atoms with Crippen LogP contribution in [0.25, 0.3) is 11.3 Å². The summed E-state index contributed by atoms with van der Waals surface area (Å²) in [7, 11) is 0. The number of rotatable bonds is 2. The van der Waals surface area contributed by atoms with Crippen LogP contribution in [-0.4, -0.2) is 4.98 Å². The van der Waals surface area contributed by atoms with Crippen LogP contribution in [0.1, 0.15) is 32.0 Å². The lowest BCUT2D eigenvalue weighted by Gasteiger charge is -2.18. The molecule has 2 nitrogen and oxygen atoms in total. The lowest BCUT2D eigenvalue weighted by molar-refractivity contribution is 0.570. The van der Waals surface area contributed by atoms with Crippen molar-refractivity contribution in [1.29, 1.82) is 0 Å². The maximum atomic E-state index is 5.43. The second kappa shape index (κ2) is 4.65. The Balaban J connectivity index is 2.36. The number of hydrogen-bond donors (Lipinski definition) is 0. The van der Waals surface area contributed by atoms with Crippen molar-refractivity contribution in [2.75, 3.05) is 0 Å². The molecule has 0 aliphatic carbocycles. The molecule has 0 aliphatic rings. The van der Waals surface area contributed by atoms with E-state index in [0.29, 0.717) is 5.33 Å². The fourth-order valence-corrected chi connectivity index (χ4v) is 2.12. The first-order valence-corrected chi connectivity index (χ1v) is 6.74. The summed E-state index contributed by atoms with van der Waals surface area (Å²) in [5, 5.41) is 0.708. The fraction of sp³-hybridized carbons (Fsp3) is 0.357. The number of aromatic nitrogens is 1. The second-order valence-electron chi connectivity index (χ2n) is 5.09. The minimum absolute atomic E-state index is 0.179. The van der Waals surface area contributed by atoms with E-state index in [9.17, 15) is 0 Å². The molecule has 0 amide bonds. The highest BCUT2D eigenvalue weighted by Gasteiger charge is 2.14. The molecule has 0 spiro atoms. The topological polar surface area (TPSA) is 26.0 Å². The molecular weight excluding hydrogens is 278 g/mol. The monoisotopic (exact) mass is 293 g/mol. The van der Waals surface area contributed by atoms with Crippen molar-refractivity contribution in [3.63, 3.8) is 0 Å². The number of oxazole rings is 1. The van der Waals surface area contributed by atoms with Gasteiger partial charge in [0.1, 0.15) is 0 Å². The van der Waals surface area contributed by atoms with Crippen LogP contribution in [0, 0.1) is 0 Å². The molecule has 1 heterocycles. The van der Waals surface area contributed by atoms with Crippen LogP contribution in [0.4, 0.5) is 0 Å². The van der Waals surface area contributed by atoms with E-state index in [1.165, 1.54) is 12.0 Å². The first-order chi connectivity index (χ1) is 8.02. The third-order valence-corrected chi connectivity index (χ3v) is 3.31. The molecule has 90 valence electrons. The van der Waals surface area contributed by atoms with E-state index in [2.05, 4.69) is 66.0 Å². The average Bonchev–Trinajstić information content (AvgIpc) is 2.76. The van der Waals surface area contributed by atoms with E-state index >= 15 is 0 Å². The molecule has 3 heteroatoms. The Hall–Kier alpha value is -1.09. The first-order valence-electron chi connectivity index (χ1n) is 5.61.